The normalized spacial score (nSPS) is 9.75. The van der Waals surface area contributed by atoms with Crippen LogP contribution in [0.15, 0.2) is 17.0 Å². The molecule has 0 atom stereocenters. The zero-order chi connectivity index (χ0) is 9.30. The molecule has 0 unspecified atom stereocenters. The van der Waals surface area contributed by atoms with Crippen LogP contribution in [-0.4, -0.2) is 21.3 Å². The molecule has 1 rings (SSSR count). The van der Waals surface area contributed by atoms with Crippen LogP contribution in [0.1, 0.15) is 10.4 Å². The highest BCUT2D eigenvalue weighted by molar-refractivity contribution is 7.80. The number of phenolic OH excluding ortho intramolecular Hbond substituents is 1. The first-order valence-electron chi connectivity index (χ1n) is 3.01. The molecule has 0 aliphatic carbocycles. The lowest BCUT2D eigenvalue weighted by molar-refractivity contribution is 0.0689. The predicted octanol–water partition coefficient (Wildman–Crippen LogP) is 1.08. The number of benzene rings is 1. The van der Waals surface area contributed by atoms with Gasteiger partial charge in [0.2, 0.25) is 0 Å². The van der Waals surface area contributed by atoms with Crippen molar-refractivity contribution in [3.8, 4) is 11.5 Å². The van der Waals surface area contributed by atoms with Crippen molar-refractivity contribution < 1.29 is 20.1 Å². The Bertz CT molecular complexity index is 334. The zero-order valence-corrected chi connectivity index (χ0v) is 6.75. The van der Waals surface area contributed by atoms with Crippen LogP contribution >= 0.6 is 12.6 Å². The number of carbonyl (C=O) groups is 1. The molecule has 0 aliphatic rings. The SMILES string of the molecule is O=C(O)c1c(O)ccc(O)c1S. The van der Waals surface area contributed by atoms with Crippen molar-refractivity contribution in [3.63, 3.8) is 0 Å². The number of thiol groups is 1. The van der Waals surface area contributed by atoms with Crippen molar-refractivity contribution in [1.29, 1.82) is 0 Å². The summed E-state index contributed by atoms with van der Waals surface area (Å²) in [5, 5.41) is 26.6. The third-order valence-corrected chi connectivity index (χ3v) is 1.80. The van der Waals surface area contributed by atoms with E-state index in [9.17, 15) is 4.79 Å². The first-order chi connectivity index (χ1) is 5.54. The number of aromatic hydroxyl groups is 2. The topological polar surface area (TPSA) is 77.8 Å². The van der Waals surface area contributed by atoms with Gasteiger partial charge in [-0.15, -0.1) is 12.6 Å². The van der Waals surface area contributed by atoms with Crippen LogP contribution in [0.3, 0.4) is 0 Å². The Labute approximate surface area is 73.5 Å². The molecular weight excluding hydrogens is 180 g/mol. The number of aromatic carboxylic acids is 1. The minimum Gasteiger partial charge on any atom is -0.507 e. The van der Waals surface area contributed by atoms with Gasteiger partial charge in [-0.3, -0.25) is 0 Å². The van der Waals surface area contributed by atoms with E-state index in [0.717, 1.165) is 6.07 Å². The minimum absolute atomic E-state index is 0.137. The number of rotatable bonds is 1. The molecule has 0 radical (unpaired) electrons. The largest absolute Gasteiger partial charge is 0.507 e. The van der Waals surface area contributed by atoms with Crippen molar-refractivity contribution in [3.05, 3.63) is 17.7 Å². The predicted molar refractivity (Wildman–Crippen MR) is 44.0 cm³/mol. The molecule has 1 aromatic rings. The van der Waals surface area contributed by atoms with Crippen LogP contribution in [-0.2, 0) is 0 Å². The summed E-state index contributed by atoms with van der Waals surface area (Å²) in [7, 11) is 0. The molecule has 0 fully saturated rings. The van der Waals surface area contributed by atoms with E-state index < -0.39 is 17.3 Å². The lowest BCUT2D eigenvalue weighted by Crippen LogP contribution is -1.98. The molecule has 5 heteroatoms. The summed E-state index contributed by atoms with van der Waals surface area (Å²) in [5.74, 6) is -2.01. The van der Waals surface area contributed by atoms with E-state index in [1.54, 1.807) is 0 Å². The van der Waals surface area contributed by atoms with Gasteiger partial charge in [-0.05, 0) is 12.1 Å². The fourth-order valence-electron chi connectivity index (χ4n) is 0.780. The van der Waals surface area contributed by atoms with Crippen molar-refractivity contribution >= 4 is 18.6 Å². The van der Waals surface area contributed by atoms with E-state index in [4.69, 9.17) is 15.3 Å². The van der Waals surface area contributed by atoms with E-state index in [2.05, 4.69) is 12.6 Å². The third-order valence-electron chi connectivity index (χ3n) is 1.35. The average Bonchev–Trinajstić information content (AvgIpc) is 1.97. The number of hydrogen-bond acceptors (Lipinski definition) is 4. The Morgan fingerprint density at radius 1 is 1.25 bits per heavy atom. The van der Waals surface area contributed by atoms with Gasteiger partial charge in [0.25, 0.3) is 0 Å². The smallest absolute Gasteiger partial charge is 0.340 e. The lowest BCUT2D eigenvalue weighted by atomic mass is 10.2. The maximum Gasteiger partial charge on any atom is 0.340 e. The Hall–Kier alpha value is -1.36. The molecule has 4 nitrogen and oxygen atoms in total. The maximum atomic E-state index is 10.5. The summed E-state index contributed by atoms with van der Waals surface area (Å²) in [6.07, 6.45) is 0. The Morgan fingerprint density at radius 2 is 1.75 bits per heavy atom. The minimum atomic E-state index is -1.33. The van der Waals surface area contributed by atoms with Crippen LogP contribution in [0, 0.1) is 0 Å². The summed E-state index contributed by atoms with van der Waals surface area (Å²) in [5.41, 5.74) is -0.390. The molecular formula is C7H6O4S. The second kappa shape index (κ2) is 2.94. The van der Waals surface area contributed by atoms with E-state index in [0.29, 0.717) is 0 Å². The summed E-state index contributed by atoms with van der Waals surface area (Å²) in [4.78, 5) is 10.3. The second-order valence-electron chi connectivity index (χ2n) is 2.13. The van der Waals surface area contributed by atoms with Crippen molar-refractivity contribution in [2.75, 3.05) is 0 Å². The van der Waals surface area contributed by atoms with Gasteiger partial charge in [-0.1, -0.05) is 0 Å². The van der Waals surface area contributed by atoms with Gasteiger partial charge in [0.1, 0.15) is 17.1 Å². The number of hydrogen-bond donors (Lipinski definition) is 4. The lowest BCUT2D eigenvalue weighted by Gasteiger charge is -2.03. The molecule has 12 heavy (non-hydrogen) atoms. The van der Waals surface area contributed by atoms with E-state index in [-0.39, 0.29) is 10.6 Å². The van der Waals surface area contributed by atoms with Gasteiger partial charge in [0.15, 0.2) is 0 Å². The third kappa shape index (κ3) is 1.31. The van der Waals surface area contributed by atoms with Crippen LogP contribution < -0.4 is 0 Å². The van der Waals surface area contributed by atoms with Gasteiger partial charge in [0.05, 0.1) is 4.90 Å². The van der Waals surface area contributed by atoms with Crippen molar-refractivity contribution in [2.24, 2.45) is 0 Å². The molecule has 0 heterocycles. The molecule has 1 aromatic carbocycles. The molecule has 0 spiro atoms. The van der Waals surface area contributed by atoms with Crippen molar-refractivity contribution in [2.45, 2.75) is 4.90 Å². The highest BCUT2D eigenvalue weighted by Crippen LogP contribution is 2.31. The van der Waals surface area contributed by atoms with E-state index in [1.807, 2.05) is 0 Å². The molecule has 0 saturated heterocycles. The molecule has 0 amide bonds. The van der Waals surface area contributed by atoms with Crippen LogP contribution in [0.5, 0.6) is 11.5 Å². The van der Waals surface area contributed by atoms with Crippen LogP contribution in [0.2, 0.25) is 0 Å². The van der Waals surface area contributed by atoms with E-state index >= 15 is 0 Å². The number of carboxylic acid groups (broad SMARTS) is 1. The molecule has 0 aliphatic heterocycles. The Morgan fingerprint density at radius 3 is 2.17 bits per heavy atom. The summed E-state index contributed by atoms with van der Waals surface area (Å²) in [6, 6.07) is 2.27. The van der Waals surface area contributed by atoms with Crippen LogP contribution in [0.25, 0.3) is 0 Å². The van der Waals surface area contributed by atoms with Gasteiger partial charge < -0.3 is 15.3 Å². The summed E-state index contributed by atoms with van der Waals surface area (Å²) < 4.78 is 0. The van der Waals surface area contributed by atoms with Gasteiger partial charge in [-0.2, -0.15) is 0 Å². The second-order valence-corrected chi connectivity index (χ2v) is 2.58. The number of phenols is 2. The fourth-order valence-corrected chi connectivity index (χ4v) is 1.07. The van der Waals surface area contributed by atoms with Gasteiger partial charge in [-0.25, -0.2) is 4.79 Å². The van der Waals surface area contributed by atoms with Crippen LogP contribution in [0.4, 0.5) is 0 Å². The highest BCUT2D eigenvalue weighted by Gasteiger charge is 2.15. The molecule has 3 N–H and O–H groups in total. The monoisotopic (exact) mass is 186 g/mol. The molecule has 0 saturated carbocycles. The fraction of sp³-hybridized carbons (Fsp3) is 0. The Balaban J connectivity index is 3.43. The van der Waals surface area contributed by atoms with Gasteiger partial charge >= 0.3 is 5.97 Å². The average molecular weight is 186 g/mol. The standard InChI is InChI=1S/C7H6O4S/c8-3-1-2-4(9)6(12)5(3)7(10)11/h1-2,8-9,12H,(H,10,11). The number of carboxylic acids is 1. The summed E-state index contributed by atoms with van der Waals surface area (Å²) in [6.45, 7) is 0. The molecule has 64 valence electrons. The Kier molecular flexibility index (Phi) is 2.14. The first kappa shape index (κ1) is 8.73. The van der Waals surface area contributed by atoms with Crippen molar-refractivity contribution in [1.82, 2.24) is 0 Å². The zero-order valence-electron chi connectivity index (χ0n) is 5.85. The van der Waals surface area contributed by atoms with E-state index in [1.165, 1.54) is 6.07 Å². The quantitative estimate of drug-likeness (QED) is 0.391. The first-order valence-corrected chi connectivity index (χ1v) is 3.46. The maximum absolute atomic E-state index is 10.5. The summed E-state index contributed by atoms with van der Waals surface area (Å²) >= 11 is 3.73. The molecule has 0 aromatic heterocycles. The molecule has 0 bridgehead atoms. The highest BCUT2D eigenvalue weighted by atomic mass is 32.1. The van der Waals surface area contributed by atoms with Gasteiger partial charge in [0, 0.05) is 0 Å².